The molecule has 2 rings (SSSR count). The third-order valence-corrected chi connectivity index (χ3v) is 3.79. The van der Waals surface area contributed by atoms with E-state index < -0.39 is 0 Å². The zero-order chi connectivity index (χ0) is 13.3. The number of alkyl halides is 1. The molecule has 0 atom stereocenters. The number of rotatable bonds is 2. The van der Waals surface area contributed by atoms with Gasteiger partial charge >= 0.3 is 0 Å². The minimum atomic E-state index is 0.151. The van der Waals surface area contributed by atoms with Gasteiger partial charge in [0.2, 0.25) is 4.67 Å². The van der Waals surface area contributed by atoms with E-state index in [0.29, 0.717) is 10.5 Å². The summed E-state index contributed by atoms with van der Waals surface area (Å²) >= 11 is 9.21. The molecule has 1 heterocycles. The van der Waals surface area contributed by atoms with Crippen molar-refractivity contribution in [2.75, 3.05) is 0 Å². The monoisotopic (exact) mass is 327 g/mol. The van der Waals surface area contributed by atoms with Gasteiger partial charge in [-0.1, -0.05) is 50.2 Å². The second kappa shape index (κ2) is 5.06. The zero-order valence-corrected chi connectivity index (χ0v) is 13.0. The van der Waals surface area contributed by atoms with Gasteiger partial charge in [0.15, 0.2) is 0 Å². The van der Waals surface area contributed by atoms with Crippen LogP contribution in [0.25, 0.3) is 11.3 Å². The smallest absolute Gasteiger partial charge is 0.206 e. The van der Waals surface area contributed by atoms with Gasteiger partial charge in [-0.15, -0.1) is 11.6 Å². The average molecular weight is 329 g/mol. The van der Waals surface area contributed by atoms with E-state index in [2.05, 4.69) is 66.1 Å². The fourth-order valence-electron chi connectivity index (χ4n) is 1.76. The molecule has 0 N–H and O–H groups in total. The van der Waals surface area contributed by atoms with Crippen LogP contribution in [0.15, 0.2) is 33.5 Å². The highest BCUT2D eigenvalue weighted by molar-refractivity contribution is 9.10. The number of hydrogen-bond acceptors (Lipinski definition) is 2. The summed E-state index contributed by atoms with van der Waals surface area (Å²) in [6.45, 7) is 6.58. The minimum absolute atomic E-state index is 0.151. The predicted octanol–water partition coefficient (Wildman–Crippen LogP) is 5.14. The van der Waals surface area contributed by atoms with Crippen molar-refractivity contribution >= 4 is 27.5 Å². The topological polar surface area (TPSA) is 26.0 Å². The largest absolute Gasteiger partial charge is 0.348 e. The standard InChI is InChI=1S/C14H15BrClNO/c1-14(2,3)10-6-4-9(5-7-10)12-11(8-16)13(15)18-17-12/h4-7H,8H2,1-3H3. The van der Waals surface area contributed by atoms with Crippen LogP contribution in [0.2, 0.25) is 0 Å². The van der Waals surface area contributed by atoms with Crippen LogP contribution < -0.4 is 0 Å². The molecular weight excluding hydrogens is 314 g/mol. The van der Waals surface area contributed by atoms with Gasteiger partial charge in [-0.3, -0.25) is 0 Å². The Balaban J connectivity index is 2.40. The first-order valence-electron chi connectivity index (χ1n) is 5.74. The maximum absolute atomic E-state index is 5.90. The second-order valence-electron chi connectivity index (χ2n) is 5.24. The number of hydrogen-bond donors (Lipinski definition) is 0. The summed E-state index contributed by atoms with van der Waals surface area (Å²) in [5.74, 6) is 0.375. The van der Waals surface area contributed by atoms with Gasteiger partial charge in [0.1, 0.15) is 5.69 Å². The third-order valence-electron chi connectivity index (χ3n) is 2.90. The predicted molar refractivity (Wildman–Crippen MR) is 77.9 cm³/mol. The lowest BCUT2D eigenvalue weighted by atomic mass is 9.86. The first-order chi connectivity index (χ1) is 8.43. The molecule has 2 aromatic rings. The zero-order valence-electron chi connectivity index (χ0n) is 10.6. The Kier molecular flexibility index (Phi) is 3.83. The molecule has 96 valence electrons. The van der Waals surface area contributed by atoms with Gasteiger partial charge in [0.25, 0.3) is 0 Å². The fourth-order valence-corrected chi connectivity index (χ4v) is 2.57. The molecule has 2 nitrogen and oxygen atoms in total. The summed E-state index contributed by atoms with van der Waals surface area (Å²) in [4.78, 5) is 0. The van der Waals surface area contributed by atoms with Crippen molar-refractivity contribution in [3.63, 3.8) is 0 Å². The van der Waals surface area contributed by atoms with E-state index in [4.69, 9.17) is 16.1 Å². The van der Waals surface area contributed by atoms with Crippen molar-refractivity contribution in [3.05, 3.63) is 40.1 Å². The Labute approximate surface area is 120 Å². The molecule has 0 aliphatic carbocycles. The molecule has 0 fully saturated rings. The number of benzene rings is 1. The third kappa shape index (κ3) is 2.62. The molecule has 0 bridgehead atoms. The van der Waals surface area contributed by atoms with E-state index in [1.165, 1.54) is 5.56 Å². The summed E-state index contributed by atoms with van der Waals surface area (Å²) in [7, 11) is 0. The molecule has 0 spiro atoms. The molecule has 0 amide bonds. The highest BCUT2D eigenvalue weighted by Gasteiger charge is 2.17. The first kappa shape index (κ1) is 13.6. The summed E-state index contributed by atoms with van der Waals surface area (Å²) in [5.41, 5.74) is 4.16. The SMILES string of the molecule is CC(C)(C)c1ccc(-c2noc(Br)c2CCl)cc1. The van der Waals surface area contributed by atoms with E-state index in [9.17, 15) is 0 Å². The van der Waals surface area contributed by atoms with Crippen LogP contribution in [0.1, 0.15) is 31.9 Å². The lowest BCUT2D eigenvalue weighted by Gasteiger charge is -2.18. The molecule has 0 aliphatic heterocycles. The Bertz CT molecular complexity index is 540. The van der Waals surface area contributed by atoms with E-state index in [1.807, 2.05) is 0 Å². The van der Waals surface area contributed by atoms with Crippen LogP contribution in [0.3, 0.4) is 0 Å². The highest BCUT2D eigenvalue weighted by Crippen LogP contribution is 2.31. The van der Waals surface area contributed by atoms with E-state index >= 15 is 0 Å². The average Bonchev–Trinajstić information content (AvgIpc) is 2.69. The first-order valence-corrected chi connectivity index (χ1v) is 7.07. The molecular formula is C14H15BrClNO. The molecule has 18 heavy (non-hydrogen) atoms. The van der Waals surface area contributed by atoms with Crippen molar-refractivity contribution in [1.82, 2.24) is 5.16 Å². The van der Waals surface area contributed by atoms with E-state index in [0.717, 1.165) is 16.8 Å². The molecule has 1 aromatic carbocycles. The van der Waals surface area contributed by atoms with Gasteiger partial charge in [0, 0.05) is 11.1 Å². The molecule has 0 unspecified atom stereocenters. The number of halogens is 2. The molecule has 0 radical (unpaired) electrons. The van der Waals surface area contributed by atoms with Crippen molar-refractivity contribution in [2.24, 2.45) is 0 Å². The van der Waals surface area contributed by atoms with Crippen molar-refractivity contribution in [1.29, 1.82) is 0 Å². The van der Waals surface area contributed by atoms with Gasteiger partial charge in [-0.05, 0) is 26.9 Å². The highest BCUT2D eigenvalue weighted by atomic mass is 79.9. The molecule has 1 aromatic heterocycles. The van der Waals surface area contributed by atoms with Crippen molar-refractivity contribution < 1.29 is 4.52 Å². The number of aromatic nitrogens is 1. The van der Waals surface area contributed by atoms with Crippen LogP contribution in [0.4, 0.5) is 0 Å². The minimum Gasteiger partial charge on any atom is -0.348 e. The van der Waals surface area contributed by atoms with Crippen molar-refractivity contribution in [3.8, 4) is 11.3 Å². The van der Waals surface area contributed by atoms with E-state index in [1.54, 1.807) is 0 Å². The Morgan fingerprint density at radius 3 is 2.33 bits per heavy atom. The van der Waals surface area contributed by atoms with Crippen LogP contribution in [0, 0.1) is 0 Å². The Morgan fingerprint density at radius 1 is 1.22 bits per heavy atom. The number of nitrogens with zero attached hydrogens (tertiary/aromatic N) is 1. The molecule has 0 saturated carbocycles. The van der Waals surface area contributed by atoms with Gasteiger partial charge < -0.3 is 4.52 Å². The Morgan fingerprint density at radius 2 is 1.83 bits per heavy atom. The summed E-state index contributed by atoms with van der Waals surface area (Å²) in [5, 5.41) is 4.04. The van der Waals surface area contributed by atoms with Crippen LogP contribution in [-0.2, 0) is 11.3 Å². The fraction of sp³-hybridized carbons (Fsp3) is 0.357. The van der Waals surface area contributed by atoms with Gasteiger partial charge in [0.05, 0.1) is 5.88 Å². The van der Waals surface area contributed by atoms with Crippen LogP contribution in [-0.4, -0.2) is 5.16 Å². The second-order valence-corrected chi connectivity index (χ2v) is 6.23. The summed E-state index contributed by atoms with van der Waals surface area (Å²) in [6.07, 6.45) is 0. The van der Waals surface area contributed by atoms with Crippen LogP contribution >= 0.6 is 27.5 Å². The van der Waals surface area contributed by atoms with E-state index in [-0.39, 0.29) is 5.41 Å². The maximum Gasteiger partial charge on any atom is 0.206 e. The lowest BCUT2D eigenvalue weighted by Crippen LogP contribution is -2.10. The molecule has 4 heteroatoms. The van der Waals surface area contributed by atoms with Crippen LogP contribution in [0.5, 0.6) is 0 Å². The van der Waals surface area contributed by atoms with Gasteiger partial charge in [-0.2, -0.15) is 0 Å². The Hall–Kier alpha value is -0.800. The summed E-state index contributed by atoms with van der Waals surface area (Å²) in [6, 6.07) is 8.35. The van der Waals surface area contributed by atoms with Crippen molar-refractivity contribution in [2.45, 2.75) is 32.1 Å². The molecule has 0 aliphatic rings. The summed E-state index contributed by atoms with van der Waals surface area (Å²) < 4.78 is 5.72. The maximum atomic E-state index is 5.90. The lowest BCUT2D eigenvalue weighted by molar-refractivity contribution is 0.401. The van der Waals surface area contributed by atoms with Gasteiger partial charge in [-0.25, -0.2) is 0 Å². The molecule has 0 saturated heterocycles. The quantitative estimate of drug-likeness (QED) is 0.713. The normalized spacial score (nSPS) is 11.8.